The lowest BCUT2D eigenvalue weighted by Gasteiger charge is -2.33. The molecular formula is C20H29N3O5. The molecule has 154 valence electrons. The fourth-order valence-corrected chi connectivity index (χ4v) is 2.89. The minimum Gasteiger partial charge on any atom is -0.444 e. The monoisotopic (exact) mass is 391 g/mol. The third-order valence-corrected chi connectivity index (χ3v) is 4.16. The van der Waals surface area contributed by atoms with Gasteiger partial charge in [-0.1, -0.05) is 0 Å². The maximum atomic E-state index is 12.6. The van der Waals surface area contributed by atoms with Crippen LogP contribution in [0.1, 0.15) is 33.6 Å². The Kier molecular flexibility index (Phi) is 7.39. The van der Waals surface area contributed by atoms with Crippen LogP contribution < -0.4 is 10.6 Å². The van der Waals surface area contributed by atoms with E-state index in [-0.39, 0.29) is 30.4 Å². The van der Waals surface area contributed by atoms with E-state index in [0.29, 0.717) is 24.5 Å². The van der Waals surface area contributed by atoms with Crippen molar-refractivity contribution in [3.05, 3.63) is 24.3 Å². The Morgan fingerprint density at radius 1 is 1.11 bits per heavy atom. The number of ether oxygens (including phenoxy) is 2. The van der Waals surface area contributed by atoms with Gasteiger partial charge in [0.1, 0.15) is 12.2 Å². The van der Waals surface area contributed by atoms with Crippen LogP contribution in [0.3, 0.4) is 0 Å². The average molecular weight is 391 g/mol. The second-order valence-corrected chi connectivity index (χ2v) is 7.81. The normalized spacial score (nSPS) is 17.0. The smallest absolute Gasteiger partial charge is 0.410 e. The van der Waals surface area contributed by atoms with Gasteiger partial charge in [0, 0.05) is 31.6 Å². The minimum atomic E-state index is -0.563. The first-order valence-corrected chi connectivity index (χ1v) is 9.35. The van der Waals surface area contributed by atoms with Crippen molar-refractivity contribution in [1.29, 1.82) is 0 Å². The van der Waals surface area contributed by atoms with Gasteiger partial charge in [-0.2, -0.15) is 0 Å². The highest BCUT2D eigenvalue weighted by Crippen LogP contribution is 2.21. The van der Waals surface area contributed by atoms with Gasteiger partial charge in [-0.15, -0.1) is 0 Å². The number of likely N-dealkylation sites (tertiary alicyclic amines) is 1. The SMILES string of the molecule is COCC(=O)Nc1ccc(NC(=O)C2CCCN(C(=O)OC(C)(C)C)C2)cc1. The number of hydrogen-bond donors (Lipinski definition) is 2. The van der Waals surface area contributed by atoms with E-state index in [1.54, 1.807) is 29.2 Å². The summed E-state index contributed by atoms with van der Waals surface area (Å²) in [5, 5.41) is 5.56. The second kappa shape index (κ2) is 9.54. The number of piperidine rings is 1. The number of hydrogen-bond acceptors (Lipinski definition) is 5. The maximum absolute atomic E-state index is 12.6. The molecule has 8 nitrogen and oxygen atoms in total. The molecule has 1 aromatic rings. The van der Waals surface area contributed by atoms with Gasteiger partial charge in [0.2, 0.25) is 11.8 Å². The van der Waals surface area contributed by atoms with E-state index in [2.05, 4.69) is 10.6 Å². The van der Waals surface area contributed by atoms with E-state index in [1.165, 1.54) is 7.11 Å². The van der Waals surface area contributed by atoms with Gasteiger partial charge < -0.3 is 25.0 Å². The average Bonchev–Trinajstić information content (AvgIpc) is 2.62. The summed E-state index contributed by atoms with van der Waals surface area (Å²) in [6, 6.07) is 6.84. The van der Waals surface area contributed by atoms with Gasteiger partial charge in [0.15, 0.2) is 0 Å². The van der Waals surface area contributed by atoms with Crippen LogP contribution in [0.2, 0.25) is 0 Å². The number of nitrogens with one attached hydrogen (secondary N) is 2. The van der Waals surface area contributed by atoms with Crippen LogP contribution in [0.25, 0.3) is 0 Å². The molecule has 0 aliphatic carbocycles. The lowest BCUT2D eigenvalue weighted by molar-refractivity contribution is -0.121. The molecule has 1 aromatic carbocycles. The van der Waals surface area contributed by atoms with Gasteiger partial charge in [0.05, 0.1) is 5.92 Å². The molecule has 2 N–H and O–H groups in total. The summed E-state index contributed by atoms with van der Waals surface area (Å²) < 4.78 is 10.2. The lowest BCUT2D eigenvalue weighted by atomic mass is 9.97. The van der Waals surface area contributed by atoms with E-state index in [4.69, 9.17) is 9.47 Å². The van der Waals surface area contributed by atoms with Crippen LogP contribution >= 0.6 is 0 Å². The Hall–Kier alpha value is -2.61. The highest BCUT2D eigenvalue weighted by atomic mass is 16.6. The van der Waals surface area contributed by atoms with Crippen molar-refractivity contribution in [2.24, 2.45) is 5.92 Å². The highest BCUT2D eigenvalue weighted by molar-refractivity contribution is 5.94. The Morgan fingerprint density at radius 3 is 2.29 bits per heavy atom. The number of carbonyl (C=O) groups is 3. The summed E-state index contributed by atoms with van der Waals surface area (Å²) in [5.41, 5.74) is 0.685. The molecule has 0 radical (unpaired) electrons. The first kappa shape index (κ1) is 21.7. The van der Waals surface area contributed by atoms with Gasteiger partial charge in [-0.3, -0.25) is 9.59 Å². The predicted molar refractivity (Wildman–Crippen MR) is 106 cm³/mol. The van der Waals surface area contributed by atoms with Gasteiger partial charge in [-0.25, -0.2) is 4.79 Å². The Balaban J connectivity index is 1.89. The van der Waals surface area contributed by atoms with Crippen molar-refractivity contribution in [2.75, 3.05) is 37.4 Å². The van der Waals surface area contributed by atoms with Gasteiger partial charge >= 0.3 is 6.09 Å². The van der Waals surface area contributed by atoms with Crippen LogP contribution in [-0.4, -0.2) is 55.2 Å². The number of anilines is 2. The molecule has 1 atom stereocenters. The Labute approximate surface area is 165 Å². The fraction of sp³-hybridized carbons (Fsp3) is 0.550. The van der Waals surface area contributed by atoms with Crippen LogP contribution in [0.5, 0.6) is 0 Å². The zero-order chi connectivity index (χ0) is 20.7. The third-order valence-electron chi connectivity index (χ3n) is 4.16. The molecule has 28 heavy (non-hydrogen) atoms. The van der Waals surface area contributed by atoms with Crippen LogP contribution in [-0.2, 0) is 19.1 Å². The van der Waals surface area contributed by atoms with Crippen molar-refractivity contribution >= 4 is 29.3 Å². The lowest BCUT2D eigenvalue weighted by Crippen LogP contribution is -2.45. The van der Waals surface area contributed by atoms with E-state index in [9.17, 15) is 14.4 Å². The number of methoxy groups -OCH3 is 1. The summed E-state index contributed by atoms with van der Waals surface area (Å²) in [6.45, 7) is 6.37. The largest absolute Gasteiger partial charge is 0.444 e. The number of rotatable bonds is 5. The fourth-order valence-electron chi connectivity index (χ4n) is 2.89. The summed E-state index contributed by atoms with van der Waals surface area (Å²) in [4.78, 5) is 37.9. The molecule has 1 aliphatic rings. The summed E-state index contributed by atoms with van der Waals surface area (Å²) in [6.07, 6.45) is 1.08. The number of amides is 3. The molecule has 1 unspecified atom stereocenters. The first-order valence-electron chi connectivity index (χ1n) is 9.35. The van der Waals surface area contributed by atoms with Crippen molar-refractivity contribution in [3.8, 4) is 0 Å². The molecule has 2 rings (SSSR count). The van der Waals surface area contributed by atoms with Crippen molar-refractivity contribution in [1.82, 2.24) is 4.90 Å². The minimum absolute atomic E-state index is 0.0195. The molecule has 1 fully saturated rings. The Bertz CT molecular complexity index is 697. The molecule has 3 amide bonds. The molecule has 0 saturated carbocycles. The predicted octanol–water partition coefficient (Wildman–Crippen LogP) is 2.86. The topological polar surface area (TPSA) is 97.0 Å². The van der Waals surface area contributed by atoms with Crippen molar-refractivity contribution in [2.45, 2.75) is 39.2 Å². The number of benzene rings is 1. The molecule has 8 heteroatoms. The third kappa shape index (κ3) is 6.84. The second-order valence-electron chi connectivity index (χ2n) is 7.81. The zero-order valence-corrected chi connectivity index (χ0v) is 16.9. The summed E-state index contributed by atoms with van der Waals surface area (Å²) >= 11 is 0. The molecule has 1 heterocycles. The van der Waals surface area contributed by atoms with E-state index >= 15 is 0 Å². The van der Waals surface area contributed by atoms with E-state index < -0.39 is 5.60 Å². The molecule has 0 aromatic heterocycles. The summed E-state index contributed by atoms with van der Waals surface area (Å²) in [7, 11) is 1.45. The van der Waals surface area contributed by atoms with Crippen molar-refractivity contribution < 1.29 is 23.9 Å². The number of carbonyl (C=O) groups excluding carboxylic acids is 3. The van der Waals surface area contributed by atoms with Crippen LogP contribution in [0.4, 0.5) is 16.2 Å². The standard InChI is InChI=1S/C20H29N3O5/c1-20(2,3)28-19(26)23-11-5-6-14(12-23)18(25)22-16-9-7-15(8-10-16)21-17(24)13-27-4/h7-10,14H,5-6,11-13H2,1-4H3,(H,21,24)(H,22,25). The molecule has 0 bridgehead atoms. The maximum Gasteiger partial charge on any atom is 0.410 e. The Morgan fingerprint density at radius 2 is 1.71 bits per heavy atom. The summed E-state index contributed by atoms with van der Waals surface area (Å²) in [5.74, 6) is -0.671. The van der Waals surface area contributed by atoms with Crippen LogP contribution in [0.15, 0.2) is 24.3 Å². The molecule has 1 saturated heterocycles. The van der Waals surface area contributed by atoms with E-state index in [0.717, 1.165) is 12.8 Å². The molecular weight excluding hydrogens is 362 g/mol. The molecule has 1 aliphatic heterocycles. The highest BCUT2D eigenvalue weighted by Gasteiger charge is 2.31. The van der Waals surface area contributed by atoms with Gasteiger partial charge in [0.25, 0.3) is 0 Å². The molecule has 0 spiro atoms. The van der Waals surface area contributed by atoms with E-state index in [1.807, 2.05) is 20.8 Å². The first-order chi connectivity index (χ1) is 13.2. The number of nitrogens with zero attached hydrogens (tertiary/aromatic N) is 1. The zero-order valence-electron chi connectivity index (χ0n) is 16.9. The van der Waals surface area contributed by atoms with Crippen molar-refractivity contribution in [3.63, 3.8) is 0 Å². The quantitative estimate of drug-likeness (QED) is 0.804. The van der Waals surface area contributed by atoms with Crippen LogP contribution in [0, 0.1) is 5.92 Å². The van der Waals surface area contributed by atoms with Gasteiger partial charge in [-0.05, 0) is 57.9 Å².